The standard InChI is InChI=1S/C46H30S24/c1-47-31-32(48-2)64-43(63-31)39-55-19-27(59-39)13-9-23-17-25(11-15-29-21-57-41(61-29)45-67-35(51-5)36(52-6)68-45)26(12-16-30-22-58-42(62-30)46-69-37(53-7)38(54-8)70-46)18-24(23)10-14-28-20-56-40(60-28)44-65-33(49-3)34(50-4)66-44/h17-22H,1-8H3. The first kappa shape index (κ1) is 57.4. The van der Waals surface area contributed by atoms with Crippen molar-refractivity contribution in [1.29, 1.82) is 0 Å². The van der Waals surface area contributed by atoms with Gasteiger partial charge in [-0.1, -0.05) is 236 Å². The quantitative estimate of drug-likeness (QED) is 0.227. The summed E-state index contributed by atoms with van der Waals surface area (Å²) in [6.45, 7) is 0. The molecule has 8 aliphatic rings. The van der Waals surface area contributed by atoms with Crippen molar-refractivity contribution in [1.82, 2.24) is 0 Å². The maximum Gasteiger partial charge on any atom is 0.0717 e. The van der Waals surface area contributed by atoms with Crippen molar-refractivity contribution in [3.63, 3.8) is 0 Å². The van der Waals surface area contributed by atoms with Crippen LogP contribution in [-0.4, -0.2) is 50.0 Å². The van der Waals surface area contributed by atoms with Crippen molar-refractivity contribution >= 4 is 282 Å². The average Bonchev–Trinajstić information content (AvgIpc) is 4.25. The van der Waals surface area contributed by atoms with Gasteiger partial charge in [0.2, 0.25) is 0 Å². The molecule has 358 valence electrons. The van der Waals surface area contributed by atoms with E-state index in [2.05, 4.69) is 131 Å². The minimum atomic E-state index is 0.851. The molecule has 0 amide bonds. The van der Waals surface area contributed by atoms with Crippen LogP contribution in [0.15, 0.2) is 121 Å². The average molecular weight is 1350 g/mol. The first-order valence-electron chi connectivity index (χ1n) is 19.4. The molecule has 0 radical (unpaired) electrons. The summed E-state index contributed by atoms with van der Waals surface area (Å²) in [5.41, 5.74) is 3.40. The Morgan fingerprint density at radius 1 is 0.243 bits per heavy atom. The Morgan fingerprint density at radius 3 is 0.600 bits per heavy atom. The summed E-state index contributed by atoms with van der Waals surface area (Å²) in [6.07, 6.45) is 17.3. The number of benzene rings is 1. The van der Waals surface area contributed by atoms with Gasteiger partial charge < -0.3 is 0 Å². The summed E-state index contributed by atoms with van der Waals surface area (Å²) in [6, 6.07) is 4.26. The van der Waals surface area contributed by atoms with E-state index in [1.165, 1.54) is 67.8 Å². The molecule has 24 heteroatoms. The molecule has 0 fully saturated rings. The zero-order chi connectivity index (χ0) is 48.7. The van der Waals surface area contributed by atoms with Gasteiger partial charge in [0.1, 0.15) is 0 Å². The van der Waals surface area contributed by atoms with E-state index in [0.717, 1.165) is 41.9 Å². The predicted octanol–water partition coefficient (Wildman–Crippen LogP) is 22.2. The second-order valence-electron chi connectivity index (χ2n) is 12.8. The van der Waals surface area contributed by atoms with Crippen LogP contribution in [0.3, 0.4) is 0 Å². The number of hydrogen-bond acceptors (Lipinski definition) is 24. The van der Waals surface area contributed by atoms with E-state index in [1.54, 1.807) is 94.1 Å². The number of thioether (sulfide) groups is 24. The molecule has 0 saturated carbocycles. The maximum atomic E-state index is 3.60. The molecular weight excluding hydrogens is 1320 g/mol. The van der Waals surface area contributed by atoms with Crippen LogP contribution in [0.5, 0.6) is 0 Å². The Labute approximate surface area is 515 Å². The van der Waals surface area contributed by atoms with E-state index in [4.69, 9.17) is 0 Å². The zero-order valence-electron chi connectivity index (χ0n) is 37.3. The molecular formula is C46H30S24. The molecule has 1 aromatic carbocycles. The molecule has 9 rings (SSSR count). The fourth-order valence-corrected chi connectivity index (χ4v) is 35.1. The highest BCUT2D eigenvalue weighted by Crippen LogP contribution is 2.65. The molecule has 0 bridgehead atoms. The Bertz CT molecular complexity index is 2620. The van der Waals surface area contributed by atoms with Crippen molar-refractivity contribution in [3.05, 3.63) is 143 Å². The van der Waals surface area contributed by atoms with E-state index in [0.29, 0.717) is 0 Å². The van der Waals surface area contributed by atoms with Crippen LogP contribution in [0.25, 0.3) is 0 Å². The van der Waals surface area contributed by atoms with Crippen LogP contribution < -0.4 is 0 Å². The van der Waals surface area contributed by atoms with Crippen LogP contribution in [0.1, 0.15) is 22.3 Å². The molecule has 0 N–H and O–H groups in total. The van der Waals surface area contributed by atoms with E-state index in [9.17, 15) is 0 Å². The minimum absolute atomic E-state index is 0.851. The Morgan fingerprint density at radius 2 is 0.429 bits per heavy atom. The summed E-state index contributed by atoms with van der Waals surface area (Å²) < 4.78 is 21.6. The van der Waals surface area contributed by atoms with Gasteiger partial charge in [0, 0.05) is 22.3 Å². The molecule has 0 nitrogen and oxygen atoms in total. The lowest BCUT2D eigenvalue weighted by Crippen LogP contribution is -1.93. The highest BCUT2D eigenvalue weighted by Gasteiger charge is 2.30. The lowest BCUT2D eigenvalue weighted by molar-refractivity contribution is 1.51. The molecule has 8 aliphatic heterocycles. The van der Waals surface area contributed by atoms with Crippen LogP contribution in [0, 0.1) is 47.4 Å². The second-order valence-corrected chi connectivity index (χ2v) is 39.4. The van der Waals surface area contributed by atoms with Crippen molar-refractivity contribution in [2.24, 2.45) is 0 Å². The second kappa shape index (κ2) is 28.2. The predicted molar refractivity (Wildman–Crippen MR) is 372 cm³/mol. The summed E-state index contributed by atoms with van der Waals surface area (Å²) in [5, 5.41) is 8.77. The van der Waals surface area contributed by atoms with Gasteiger partial charge in [0.15, 0.2) is 0 Å². The Hall–Kier alpha value is 2.74. The van der Waals surface area contributed by atoms with E-state index >= 15 is 0 Å². The van der Waals surface area contributed by atoms with Crippen molar-refractivity contribution in [2.45, 2.75) is 0 Å². The highest BCUT2D eigenvalue weighted by atomic mass is 32.3. The molecule has 0 saturated heterocycles. The van der Waals surface area contributed by atoms with E-state index in [-0.39, 0.29) is 0 Å². The molecule has 0 unspecified atom stereocenters. The van der Waals surface area contributed by atoms with Gasteiger partial charge >= 0.3 is 0 Å². The van der Waals surface area contributed by atoms with Gasteiger partial charge in [-0.3, -0.25) is 0 Å². The smallest absolute Gasteiger partial charge is 0.0717 e. The van der Waals surface area contributed by atoms with E-state index < -0.39 is 0 Å². The van der Waals surface area contributed by atoms with Gasteiger partial charge in [0.05, 0.1) is 87.4 Å². The summed E-state index contributed by atoms with van der Waals surface area (Å²) in [5.74, 6) is 28.7. The third kappa shape index (κ3) is 14.4. The molecule has 70 heavy (non-hydrogen) atoms. The largest absolute Gasteiger partial charge is 0.121 e. The minimum Gasteiger partial charge on any atom is -0.121 e. The highest BCUT2D eigenvalue weighted by molar-refractivity contribution is 8.45. The van der Waals surface area contributed by atoms with Gasteiger partial charge in [0.25, 0.3) is 0 Å². The number of hydrogen-bond donors (Lipinski definition) is 0. The molecule has 0 atom stereocenters. The fourth-order valence-electron chi connectivity index (χ4n) is 5.55. The first-order chi connectivity index (χ1) is 34.2. The number of allylic oxidation sites excluding steroid dienone is 4. The van der Waals surface area contributed by atoms with Gasteiger partial charge in [-0.05, 0) is 83.8 Å². The lowest BCUT2D eigenvalue weighted by Gasteiger charge is -2.04. The number of rotatable bonds is 8. The topological polar surface area (TPSA) is 0 Å². The van der Waals surface area contributed by atoms with Crippen LogP contribution >= 0.6 is 282 Å². The fraction of sp³-hybridized carbons (Fsp3) is 0.174. The van der Waals surface area contributed by atoms with Crippen LogP contribution in [-0.2, 0) is 0 Å². The molecule has 1 aromatic rings. The van der Waals surface area contributed by atoms with Crippen LogP contribution in [0.4, 0.5) is 0 Å². The monoisotopic (exact) mass is 1350 g/mol. The normalized spacial score (nSPS) is 20.1. The van der Waals surface area contributed by atoms with Gasteiger partial charge in [-0.15, -0.1) is 94.1 Å². The van der Waals surface area contributed by atoms with Gasteiger partial charge in [-0.25, -0.2) is 0 Å². The van der Waals surface area contributed by atoms with Gasteiger partial charge in [-0.2, -0.15) is 0 Å². The third-order valence-corrected chi connectivity index (χ3v) is 40.8. The van der Waals surface area contributed by atoms with Crippen molar-refractivity contribution in [3.8, 4) is 47.4 Å². The molecule has 8 heterocycles. The Balaban J connectivity index is 1.05. The molecule has 0 aliphatic carbocycles. The lowest BCUT2D eigenvalue weighted by atomic mass is 9.98. The van der Waals surface area contributed by atoms with Crippen molar-refractivity contribution in [2.75, 3.05) is 50.0 Å². The molecule has 0 aromatic heterocycles. The summed E-state index contributed by atoms with van der Waals surface area (Å²) in [7, 11) is 0. The van der Waals surface area contributed by atoms with E-state index in [1.807, 2.05) is 188 Å². The van der Waals surface area contributed by atoms with Crippen LogP contribution in [0.2, 0.25) is 0 Å². The summed E-state index contributed by atoms with van der Waals surface area (Å²) >= 11 is 43.9. The first-order valence-corrected chi connectivity index (χ1v) is 42.5. The third-order valence-electron chi connectivity index (χ3n) is 8.64. The summed E-state index contributed by atoms with van der Waals surface area (Å²) in [4.78, 5) is 4.15. The SMILES string of the molecule is CSC1=C(SC)SC(=C2SC=C(C#Cc3cc(C#CC4=CSC(=C5SC(SC)=C(SC)S5)S4)c(C#CC4=CSC(=C5SC(SC)=C(SC)S5)S4)cc3C#CC3=CSC(=C4SC(SC)=C(SC)S4)S3)S2)S1. The molecule has 0 spiro atoms. The van der Waals surface area contributed by atoms with Crippen molar-refractivity contribution < 1.29 is 0 Å². The zero-order valence-corrected chi connectivity index (χ0v) is 56.9. The maximum absolute atomic E-state index is 3.60. The Kier molecular flexibility index (Phi) is 23.2.